The number of amides is 1. The summed E-state index contributed by atoms with van der Waals surface area (Å²) >= 11 is 0. The van der Waals surface area contributed by atoms with Gasteiger partial charge in [-0.2, -0.15) is 0 Å². The van der Waals surface area contributed by atoms with Gasteiger partial charge in [0.05, 0.1) is 24.3 Å². The van der Waals surface area contributed by atoms with E-state index in [1.807, 2.05) is 13.8 Å². The summed E-state index contributed by atoms with van der Waals surface area (Å²) in [5, 5.41) is 9.84. The van der Waals surface area contributed by atoms with E-state index < -0.39 is 0 Å². The van der Waals surface area contributed by atoms with E-state index in [1.165, 1.54) is 0 Å². The van der Waals surface area contributed by atoms with Crippen molar-refractivity contribution in [2.24, 2.45) is 5.73 Å². The number of benzene rings is 1. The number of aryl methyl sites for hydroxylation is 1. The van der Waals surface area contributed by atoms with Crippen LogP contribution in [0.3, 0.4) is 0 Å². The van der Waals surface area contributed by atoms with Gasteiger partial charge in [0.25, 0.3) is 5.91 Å². The van der Waals surface area contributed by atoms with Crippen LogP contribution in [0.1, 0.15) is 22.8 Å². The van der Waals surface area contributed by atoms with Crippen molar-refractivity contribution < 1.29 is 14.6 Å². The molecule has 19 heavy (non-hydrogen) atoms. The first-order valence-corrected chi connectivity index (χ1v) is 6.45. The van der Waals surface area contributed by atoms with Gasteiger partial charge in [0.1, 0.15) is 5.75 Å². The number of phenolic OH excluding ortho intramolecular Hbond substituents is 1. The molecule has 0 radical (unpaired) electrons. The van der Waals surface area contributed by atoms with E-state index >= 15 is 0 Å². The molecule has 1 aromatic carbocycles. The smallest absolute Gasteiger partial charge is 0.258 e. The minimum atomic E-state index is -0.171. The van der Waals surface area contributed by atoms with Crippen molar-refractivity contribution >= 4 is 5.91 Å². The lowest BCUT2D eigenvalue weighted by Crippen LogP contribution is -2.52. The topological polar surface area (TPSA) is 75.8 Å². The third kappa shape index (κ3) is 2.88. The molecule has 1 amide bonds. The van der Waals surface area contributed by atoms with Crippen LogP contribution in [-0.2, 0) is 4.74 Å². The molecule has 0 spiro atoms. The summed E-state index contributed by atoms with van der Waals surface area (Å²) in [5.74, 6) is -0.158. The Balaban J connectivity index is 2.24. The zero-order valence-electron chi connectivity index (χ0n) is 11.3. The number of rotatable bonds is 2. The first-order valence-electron chi connectivity index (χ1n) is 6.45. The molecule has 0 saturated carbocycles. The van der Waals surface area contributed by atoms with Gasteiger partial charge >= 0.3 is 0 Å². The van der Waals surface area contributed by atoms with Crippen molar-refractivity contribution in [3.8, 4) is 5.75 Å². The summed E-state index contributed by atoms with van der Waals surface area (Å²) < 4.78 is 5.53. The second-order valence-corrected chi connectivity index (χ2v) is 5.02. The second kappa shape index (κ2) is 5.59. The zero-order valence-corrected chi connectivity index (χ0v) is 11.3. The highest BCUT2D eigenvalue weighted by atomic mass is 16.5. The predicted octanol–water partition coefficient (Wildman–Crippen LogP) is 0.889. The number of morpholine rings is 1. The molecule has 1 aliphatic rings. The number of aromatic hydroxyl groups is 1. The van der Waals surface area contributed by atoms with Crippen LogP contribution in [0.15, 0.2) is 18.2 Å². The molecule has 1 aromatic rings. The third-order valence-electron chi connectivity index (χ3n) is 3.41. The molecule has 1 fully saturated rings. The van der Waals surface area contributed by atoms with E-state index in [-0.39, 0.29) is 23.8 Å². The summed E-state index contributed by atoms with van der Waals surface area (Å²) in [7, 11) is 0. The van der Waals surface area contributed by atoms with Crippen LogP contribution in [-0.4, -0.2) is 47.8 Å². The van der Waals surface area contributed by atoms with Crippen molar-refractivity contribution in [2.45, 2.75) is 26.0 Å². The van der Waals surface area contributed by atoms with Gasteiger partial charge in [-0.25, -0.2) is 0 Å². The van der Waals surface area contributed by atoms with Crippen molar-refractivity contribution in [2.75, 3.05) is 19.7 Å². The maximum absolute atomic E-state index is 12.5. The van der Waals surface area contributed by atoms with Gasteiger partial charge in [0, 0.05) is 13.1 Å². The Morgan fingerprint density at radius 1 is 1.58 bits per heavy atom. The van der Waals surface area contributed by atoms with Gasteiger partial charge in [-0.3, -0.25) is 4.79 Å². The van der Waals surface area contributed by atoms with Crippen LogP contribution in [0.25, 0.3) is 0 Å². The van der Waals surface area contributed by atoms with Crippen LogP contribution in [0.5, 0.6) is 5.75 Å². The van der Waals surface area contributed by atoms with E-state index in [2.05, 4.69) is 0 Å². The minimum absolute atomic E-state index is 0.0126. The fraction of sp³-hybridized carbons (Fsp3) is 0.500. The Labute approximate surface area is 113 Å². The van der Waals surface area contributed by atoms with E-state index in [9.17, 15) is 9.90 Å². The summed E-state index contributed by atoms with van der Waals surface area (Å²) in [6, 6.07) is 5.01. The zero-order chi connectivity index (χ0) is 14.0. The van der Waals surface area contributed by atoms with E-state index in [0.29, 0.717) is 25.3 Å². The van der Waals surface area contributed by atoms with Gasteiger partial charge in [-0.05, 0) is 26.0 Å². The maximum Gasteiger partial charge on any atom is 0.258 e. The Morgan fingerprint density at radius 2 is 2.32 bits per heavy atom. The summed E-state index contributed by atoms with van der Waals surface area (Å²) in [6.07, 6.45) is -0.132. The monoisotopic (exact) mass is 264 g/mol. The molecule has 104 valence electrons. The van der Waals surface area contributed by atoms with Crippen molar-refractivity contribution in [3.63, 3.8) is 0 Å². The first-order chi connectivity index (χ1) is 9.02. The van der Waals surface area contributed by atoms with Crippen LogP contribution < -0.4 is 5.73 Å². The van der Waals surface area contributed by atoms with Crippen molar-refractivity contribution in [3.05, 3.63) is 29.3 Å². The molecular weight excluding hydrogens is 244 g/mol. The van der Waals surface area contributed by atoms with Gasteiger partial charge < -0.3 is 20.5 Å². The Hall–Kier alpha value is -1.59. The number of carbonyl (C=O) groups is 1. The number of ether oxygens (including phenoxy) is 1. The molecule has 0 aliphatic carbocycles. The van der Waals surface area contributed by atoms with E-state index in [0.717, 1.165) is 5.56 Å². The molecule has 2 atom stereocenters. The van der Waals surface area contributed by atoms with Crippen molar-refractivity contribution in [1.82, 2.24) is 4.90 Å². The van der Waals surface area contributed by atoms with Gasteiger partial charge in [0.2, 0.25) is 0 Å². The number of hydrogen-bond donors (Lipinski definition) is 2. The first kappa shape index (κ1) is 13.8. The lowest BCUT2D eigenvalue weighted by Gasteiger charge is -2.37. The highest BCUT2D eigenvalue weighted by molar-refractivity contribution is 5.97. The van der Waals surface area contributed by atoms with Crippen LogP contribution >= 0.6 is 0 Å². The average Bonchev–Trinajstić information content (AvgIpc) is 2.41. The predicted molar refractivity (Wildman–Crippen MR) is 72.1 cm³/mol. The Bertz CT molecular complexity index is 476. The molecule has 1 aliphatic heterocycles. The standard InChI is InChI=1S/C14H20N2O3/c1-9-3-4-13(17)12(5-9)14(18)16-7-11(6-15)19-8-10(16)2/h3-5,10-11,17H,6-8,15H2,1-2H3. The summed E-state index contributed by atoms with van der Waals surface area (Å²) in [5.41, 5.74) is 6.87. The lowest BCUT2D eigenvalue weighted by atomic mass is 10.1. The van der Waals surface area contributed by atoms with Gasteiger partial charge in [-0.1, -0.05) is 11.6 Å². The summed E-state index contributed by atoms with van der Waals surface area (Å²) in [4.78, 5) is 14.2. The van der Waals surface area contributed by atoms with Gasteiger partial charge in [0.15, 0.2) is 0 Å². The number of nitrogens with two attached hydrogens (primary N) is 1. The molecular formula is C14H20N2O3. The molecule has 0 bridgehead atoms. The third-order valence-corrected chi connectivity index (χ3v) is 3.41. The quantitative estimate of drug-likeness (QED) is 0.831. The second-order valence-electron chi connectivity index (χ2n) is 5.02. The molecule has 3 N–H and O–H groups in total. The number of nitrogens with zero attached hydrogens (tertiary/aromatic N) is 1. The van der Waals surface area contributed by atoms with Crippen LogP contribution in [0.4, 0.5) is 0 Å². The molecule has 1 saturated heterocycles. The normalized spacial score (nSPS) is 23.4. The highest BCUT2D eigenvalue weighted by Crippen LogP contribution is 2.23. The number of hydrogen-bond acceptors (Lipinski definition) is 4. The highest BCUT2D eigenvalue weighted by Gasteiger charge is 2.30. The fourth-order valence-corrected chi connectivity index (χ4v) is 2.22. The van der Waals surface area contributed by atoms with Crippen LogP contribution in [0, 0.1) is 6.92 Å². The minimum Gasteiger partial charge on any atom is -0.507 e. The van der Waals surface area contributed by atoms with E-state index in [4.69, 9.17) is 10.5 Å². The molecule has 2 unspecified atom stereocenters. The SMILES string of the molecule is Cc1ccc(O)c(C(=O)N2CC(CN)OCC2C)c1. The van der Waals surface area contributed by atoms with Gasteiger partial charge in [-0.15, -0.1) is 0 Å². The number of phenols is 1. The molecule has 5 heteroatoms. The average molecular weight is 264 g/mol. The molecule has 2 rings (SSSR count). The van der Waals surface area contributed by atoms with Crippen molar-refractivity contribution in [1.29, 1.82) is 0 Å². The Morgan fingerprint density at radius 3 is 3.00 bits per heavy atom. The van der Waals surface area contributed by atoms with Crippen LogP contribution in [0.2, 0.25) is 0 Å². The molecule has 0 aromatic heterocycles. The maximum atomic E-state index is 12.5. The lowest BCUT2D eigenvalue weighted by molar-refractivity contribution is -0.0426. The largest absolute Gasteiger partial charge is 0.507 e. The number of carbonyl (C=O) groups excluding carboxylic acids is 1. The van der Waals surface area contributed by atoms with E-state index in [1.54, 1.807) is 23.1 Å². The summed E-state index contributed by atoms with van der Waals surface area (Å²) in [6.45, 7) is 5.14. The fourth-order valence-electron chi connectivity index (χ4n) is 2.22. The molecule has 5 nitrogen and oxygen atoms in total. The Kier molecular flexibility index (Phi) is 4.07. The molecule has 1 heterocycles.